The average molecular weight is 444 g/mol. The monoisotopic (exact) mass is 443 g/mol. The number of benzene rings is 1. The first-order valence-corrected chi connectivity index (χ1v) is 11.3. The molecule has 0 unspecified atom stereocenters. The number of sulfonamides is 1. The van der Waals surface area contributed by atoms with Crippen LogP contribution in [0.5, 0.6) is 5.75 Å². The van der Waals surface area contributed by atoms with Gasteiger partial charge >= 0.3 is 0 Å². The van der Waals surface area contributed by atoms with E-state index >= 15 is 0 Å². The molecule has 0 aliphatic carbocycles. The molecule has 0 bridgehead atoms. The van der Waals surface area contributed by atoms with Crippen LogP contribution in [0.25, 0.3) is 5.82 Å². The molecule has 0 amide bonds. The zero-order chi connectivity index (χ0) is 22.2. The van der Waals surface area contributed by atoms with Gasteiger partial charge in [0, 0.05) is 36.4 Å². The summed E-state index contributed by atoms with van der Waals surface area (Å²) in [5.74, 6) is 2.53. The summed E-state index contributed by atoms with van der Waals surface area (Å²) in [6.07, 6.45) is 3.85. The van der Waals surface area contributed by atoms with Crippen molar-refractivity contribution in [2.45, 2.75) is 32.2 Å². The molecule has 3 aromatic rings. The summed E-state index contributed by atoms with van der Waals surface area (Å²) >= 11 is 0. The molecule has 0 saturated carbocycles. The molecule has 0 spiro atoms. The number of aromatic nitrogens is 4. The SMILES string of the molecule is CCNS(=O)(=O)c1cc(N2C=C(Nc3cc(C)[nH]n3)n3cc(C)nc3C2)ccc1OC. The molecule has 0 saturated heterocycles. The molecule has 0 atom stereocenters. The number of aromatic amines is 1. The second-order valence-electron chi connectivity index (χ2n) is 7.21. The van der Waals surface area contributed by atoms with Crippen molar-refractivity contribution in [1.82, 2.24) is 24.5 Å². The van der Waals surface area contributed by atoms with Crippen LogP contribution in [0.15, 0.2) is 41.6 Å². The lowest BCUT2D eigenvalue weighted by molar-refractivity contribution is 0.402. The zero-order valence-corrected chi connectivity index (χ0v) is 18.6. The van der Waals surface area contributed by atoms with Crippen LogP contribution < -0.4 is 19.7 Å². The summed E-state index contributed by atoms with van der Waals surface area (Å²) in [6.45, 7) is 6.35. The molecular formula is C20H25N7O3S. The standard InChI is InChI=1S/C20H25N7O3S/c1-5-21-31(28,29)17-9-15(6-7-16(17)30-4)26-11-19-22-14(3)10-27(19)20(12-26)23-18-8-13(2)24-25-18/h6-10,12,21H,5,11H2,1-4H3,(H2,23,24,25). The van der Waals surface area contributed by atoms with Gasteiger partial charge in [-0.2, -0.15) is 5.10 Å². The number of fused-ring (bicyclic) bond motifs is 1. The largest absolute Gasteiger partial charge is 0.495 e. The molecule has 3 heterocycles. The van der Waals surface area contributed by atoms with E-state index in [1.807, 2.05) is 47.8 Å². The predicted molar refractivity (Wildman–Crippen MR) is 118 cm³/mol. The topological polar surface area (TPSA) is 117 Å². The first kappa shape index (κ1) is 20.9. The summed E-state index contributed by atoms with van der Waals surface area (Å²) in [5.41, 5.74) is 2.51. The lowest BCUT2D eigenvalue weighted by Crippen LogP contribution is -2.28. The molecule has 164 valence electrons. The maximum Gasteiger partial charge on any atom is 0.244 e. The number of methoxy groups -OCH3 is 1. The first-order valence-electron chi connectivity index (χ1n) is 9.81. The Bertz CT molecular complexity index is 1240. The van der Waals surface area contributed by atoms with Gasteiger partial charge in [-0.05, 0) is 32.0 Å². The normalized spacial score (nSPS) is 13.7. The number of rotatable bonds is 7. The minimum Gasteiger partial charge on any atom is -0.495 e. The molecule has 1 aliphatic heterocycles. The number of aryl methyl sites for hydroxylation is 2. The van der Waals surface area contributed by atoms with Gasteiger partial charge in [-0.15, -0.1) is 0 Å². The molecule has 0 fully saturated rings. The van der Waals surface area contributed by atoms with Crippen LogP contribution in [0.4, 0.5) is 11.5 Å². The van der Waals surface area contributed by atoms with Crippen molar-refractivity contribution >= 4 is 27.3 Å². The highest BCUT2D eigenvalue weighted by atomic mass is 32.2. The number of hydrogen-bond acceptors (Lipinski definition) is 7. The summed E-state index contributed by atoms with van der Waals surface area (Å²) in [4.78, 5) is 6.64. The molecule has 1 aromatic carbocycles. The Balaban J connectivity index is 1.76. The number of anilines is 2. The number of nitrogens with zero attached hydrogens (tertiary/aromatic N) is 4. The Morgan fingerprint density at radius 2 is 2.06 bits per heavy atom. The Morgan fingerprint density at radius 1 is 1.26 bits per heavy atom. The number of nitrogens with one attached hydrogen (secondary N) is 3. The van der Waals surface area contributed by atoms with Gasteiger partial charge in [-0.25, -0.2) is 18.1 Å². The van der Waals surface area contributed by atoms with Crippen molar-refractivity contribution < 1.29 is 13.2 Å². The summed E-state index contributed by atoms with van der Waals surface area (Å²) in [5, 5.41) is 10.5. The maximum atomic E-state index is 12.7. The van der Waals surface area contributed by atoms with Gasteiger partial charge in [0.15, 0.2) is 5.82 Å². The molecule has 0 radical (unpaired) electrons. The van der Waals surface area contributed by atoms with Gasteiger partial charge in [0.25, 0.3) is 0 Å². The Hall–Kier alpha value is -3.31. The van der Waals surface area contributed by atoms with E-state index in [-0.39, 0.29) is 17.2 Å². The Morgan fingerprint density at radius 3 is 2.74 bits per heavy atom. The van der Waals surface area contributed by atoms with Crippen LogP contribution in [-0.2, 0) is 16.6 Å². The van der Waals surface area contributed by atoms with Crippen molar-refractivity contribution in [3.63, 3.8) is 0 Å². The fourth-order valence-electron chi connectivity index (χ4n) is 3.47. The fourth-order valence-corrected chi connectivity index (χ4v) is 4.70. The van der Waals surface area contributed by atoms with Crippen LogP contribution in [0.2, 0.25) is 0 Å². The highest BCUT2D eigenvalue weighted by molar-refractivity contribution is 7.89. The highest BCUT2D eigenvalue weighted by Gasteiger charge is 2.24. The van der Waals surface area contributed by atoms with Gasteiger partial charge in [0.1, 0.15) is 22.3 Å². The Labute approximate surface area is 181 Å². The van der Waals surface area contributed by atoms with Crippen LogP contribution >= 0.6 is 0 Å². The van der Waals surface area contributed by atoms with Crippen LogP contribution in [-0.4, -0.2) is 41.8 Å². The second kappa shape index (κ2) is 8.08. The van der Waals surface area contributed by atoms with Crippen LogP contribution in [0.3, 0.4) is 0 Å². The molecule has 10 nitrogen and oxygen atoms in total. The van der Waals surface area contributed by atoms with Gasteiger partial charge in [0.05, 0.1) is 19.3 Å². The van der Waals surface area contributed by atoms with E-state index in [1.165, 1.54) is 7.11 Å². The summed E-state index contributed by atoms with van der Waals surface area (Å²) < 4.78 is 35.2. The first-order chi connectivity index (χ1) is 14.8. The second-order valence-corrected chi connectivity index (χ2v) is 8.94. The van der Waals surface area contributed by atoms with E-state index in [9.17, 15) is 8.42 Å². The third-order valence-corrected chi connectivity index (χ3v) is 6.38. The summed E-state index contributed by atoms with van der Waals surface area (Å²) in [6, 6.07) is 6.98. The van der Waals surface area contributed by atoms with E-state index < -0.39 is 10.0 Å². The number of hydrogen-bond donors (Lipinski definition) is 3. The van der Waals surface area contributed by atoms with Crippen LogP contribution in [0.1, 0.15) is 24.1 Å². The highest BCUT2D eigenvalue weighted by Crippen LogP contribution is 2.32. The minimum absolute atomic E-state index is 0.0882. The van der Waals surface area contributed by atoms with Crippen molar-refractivity contribution in [2.24, 2.45) is 0 Å². The van der Waals surface area contributed by atoms with Gasteiger partial charge in [0.2, 0.25) is 10.0 Å². The van der Waals surface area contributed by atoms with Crippen molar-refractivity contribution in [3.8, 4) is 5.75 Å². The van der Waals surface area contributed by atoms with Crippen molar-refractivity contribution in [2.75, 3.05) is 23.9 Å². The summed E-state index contributed by atoms with van der Waals surface area (Å²) in [7, 11) is -2.25. The van der Waals surface area contributed by atoms with Gasteiger partial charge < -0.3 is 15.0 Å². The van der Waals surface area contributed by atoms with E-state index in [2.05, 4.69) is 25.2 Å². The smallest absolute Gasteiger partial charge is 0.244 e. The maximum absolute atomic E-state index is 12.7. The third kappa shape index (κ3) is 4.14. The molecule has 1 aliphatic rings. The van der Waals surface area contributed by atoms with E-state index in [0.717, 1.165) is 23.0 Å². The van der Waals surface area contributed by atoms with Crippen molar-refractivity contribution in [3.05, 3.63) is 53.9 Å². The molecule has 31 heavy (non-hydrogen) atoms. The minimum atomic E-state index is -3.70. The quantitative estimate of drug-likeness (QED) is 0.513. The number of ether oxygens (including phenoxy) is 1. The Kier molecular flexibility index (Phi) is 5.46. The van der Waals surface area contributed by atoms with Gasteiger partial charge in [-0.3, -0.25) is 9.67 Å². The third-order valence-electron chi connectivity index (χ3n) is 4.81. The molecule has 4 rings (SSSR count). The van der Waals surface area contributed by atoms with E-state index in [1.54, 1.807) is 19.1 Å². The molecule has 3 N–H and O–H groups in total. The molecular weight excluding hydrogens is 418 g/mol. The lowest BCUT2D eigenvalue weighted by atomic mass is 10.2. The lowest BCUT2D eigenvalue weighted by Gasteiger charge is -2.28. The fraction of sp³-hybridized carbons (Fsp3) is 0.300. The van der Waals surface area contributed by atoms with Crippen LogP contribution in [0, 0.1) is 13.8 Å². The van der Waals surface area contributed by atoms with E-state index in [0.29, 0.717) is 18.1 Å². The number of H-pyrrole nitrogens is 1. The number of imidazole rings is 1. The molecule has 11 heteroatoms. The zero-order valence-electron chi connectivity index (χ0n) is 17.8. The average Bonchev–Trinajstić information content (AvgIpc) is 3.31. The van der Waals surface area contributed by atoms with E-state index in [4.69, 9.17) is 4.74 Å². The van der Waals surface area contributed by atoms with Crippen molar-refractivity contribution in [1.29, 1.82) is 0 Å². The predicted octanol–water partition coefficient (Wildman–Crippen LogP) is 2.42. The van der Waals surface area contributed by atoms with Gasteiger partial charge in [-0.1, -0.05) is 6.92 Å². The molecule has 2 aromatic heterocycles.